The van der Waals surface area contributed by atoms with Gasteiger partial charge in [0.1, 0.15) is 5.78 Å². The lowest BCUT2D eigenvalue weighted by molar-refractivity contribution is -0.122. The largest absolute Gasteiger partial charge is 0.300 e. The molecule has 0 aromatic rings. The predicted octanol–water partition coefficient (Wildman–Crippen LogP) is 2.27. The molecule has 0 spiro atoms. The van der Waals surface area contributed by atoms with Crippen molar-refractivity contribution in [2.45, 2.75) is 41.0 Å². The zero-order valence-electron chi connectivity index (χ0n) is 13.8. The second-order valence-corrected chi connectivity index (χ2v) is 7.04. The smallest absolute Gasteiger partial charge is 0.136 e. The van der Waals surface area contributed by atoms with Gasteiger partial charge in [-0.2, -0.15) is 0 Å². The van der Waals surface area contributed by atoms with Gasteiger partial charge in [0.2, 0.25) is 0 Å². The van der Waals surface area contributed by atoms with Crippen molar-refractivity contribution in [3.8, 4) is 11.8 Å². The molecule has 1 fully saturated rings. The number of piperazine rings is 1. The first-order valence-corrected chi connectivity index (χ1v) is 7.75. The summed E-state index contributed by atoms with van der Waals surface area (Å²) < 4.78 is 0. The molecule has 0 N–H and O–H groups in total. The van der Waals surface area contributed by atoms with Gasteiger partial charge in [-0.3, -0.25) is 9.69 Å². The first kappa shape index (κ1) is 17.2. The maximum absolute atomic E-state index is 11.6. The first-order valence-electron chi connectivity index (χ1n) is 7.75. The Morgan fingerprint density at radius 2 is 1.65 bits per heavy atom. The molecule has 0 bridgehead atoms. The van der Waals surface area contributed by atoms with Gasteiger partial charge in [-0.25, -0.2) is 0 Å². The number of ketones is 1. The second kappa shape index (κ2) is 7.81. The Morgan fingerprint density at radius 1 is 1.10 bits per heavy atom. The molecule has 1 aliphatic rings. The van der Waals surface area contributed by atoms with Crippen LogP contribution in [-0.2, 0) is 4.79 Å². The highest BCUT2D eigenvalue weighted by atomic mass is 16.1. The topological polar surface area (TPSA) is 23.6 Å². The summed E-state index contributed by atoms with van der Waals surface area (Å²) in [5.74, 6) is 7.11. The average Bonchev–Trinajstić information content (AvgIpc) is 2.35. The molecule has 0 unspecified atom stereocenters. The average molecular weight is 278 g/mol. The van der Waals surface area contributed by atoms with Crippen LogP contribution in [0.2, 0.25) is 0 Å². The van der Waals surface area contributed by atoms with Gasteiger partial charge in [0.15, 0.2) is 0 Å². The molecule has 1 aliphatic heterocycles. The minimum atomic E-state index is 0.0963. The normalized spacial score (nSPS) is 17.9. The van der Waals surface area contributed by atoms with Gasteiger partial charge in [0.25, 0.3) is 0 Å². The summed E-state index contributed by atoms with van der Waals surface area (Å²) in [5.41, 5.74) is 0.0963. The molecule has 0 aromatic heterocycles. The summed E-state index contributed by atoms with van der Waals surface area (Å²) >= 11 is 0. The predicted molar refractivity (Wildman–Crippen MR) is 84.6 cm³/mol. The van der Waals surface area contributed by atoms with E-state index in [1.54, 1.807) is 0 Å². The van der Waals surface area contributed by atoms with E-state index in [2.05, 4.69) is 42.4 Å². The van der Waals surface area contributed by atoms with Crippen molar-refractivity contribution in [2.75, 3.05) is 39.3 Å². The van der Waals surface area contributed by atoms with E-state index in [4.69, 9.17) is 0 Å². The molecule has 0 aliphatic carbocycles. The molecule has 3 heteroatoms. The summed E-state index contributed by atoms with van der Waals surface area (Å²) in [5, 5.41) is 0. The van der Waals surface area contributed by atoms with Gasteiger partial charge in [-0.15, -0.1) is 0 Å². The van der Waals surface area contributed by atoms with Crippen molar-refractivity contribution in [1.82, 2.24) is 9.80 Å². The minimum Gasteiger partial charge on any atom is -0.300 e. The third kappa shape index (κ3) is 7.07. The van der Waals surface area contributed by atoms with Gasteiger partial charge < -0.3 is 4.90 Å². The Hall–Kier alpha value is -0.850. The van der Waals surface area contributed by atoms with E-state index in [1.165, 1.54) is 0 Å². The quantitative estimate of drug-likeness (QED) is 0.721. The summed E-state index contributed by atoms with van der Waals surface area (Å²) in [6.07, 6.45) is 0.696. The molecule has 0 saturated carbocycles. The van der Waals surface area contributed by atoms with Gasteiger partial charge in [0, 0.05) is 50.5 Å². The SMILES string of the molecule is CC(C)C(=O)CCN1CCN(CC#CC(C)(C)C)CC1. The van der Waals surface area contributed by atoms with Crippen LogP contribution < -0.4 is 0 Å². The fourth-order valence-corrected chi connectivity index (χ4v) is 2.14. The molecule has 0 radical (unpaired) electrons. The molecule has 1 saturated heterocycles. The number of carbonyl (C=O) groups excluding carboxylic acids is 1. The molecule has 0 amide bonds. The molecule has 0 aromatic carbocycles. The Balaban J connectivity index is 2.23. The highest BCUT2D eigenvalue weighted by Gasteiger charge is 2.17. The standard InChI is InChI=1S/C17H30N2O/c1-15(2)16(20)7-10-19-13-11-18(12-14-19)9-6-8-17(3,4)5/h15H,7,9-14H2,1-5H3. The van der Waals surface area contributed by atoms with Crippen LogP contribution in [0.3, 0.4) is 0 Å². The molecular formula is C17H30N2O. The number of carbonyl (C=O) groups is 1. The highest BCUT2D eigenvalue weighted by Crippen LogP contribution is 2.10. The summed E-state index contributed by atoms with van der Waals surface area (Å²) in [6.45, 7) is 16.4. The van der Waals surface area contributed by atoms with E-state index >= 15 is 0 Å². The van der Waals surface area contributed by atoms with Crippen molar-refractivity contribution in [3.05, 3.63) is 0 Å². The third-order valence-corrected chi connectivity index (χ3v) is 3.55. The summed E-state index contributed by atoms with van der Waals surface area (Å²) in [6, 6.07) is 0. The lowest BCUT2D eigenvalue weighted by atomic mass is 9.98. The third-order valence-electron chi connectivity index (χ3n) is 3.55. The van der Waals surface area contributed by atoms with E-state index in [-0.39, 0.29) is 11.3 Å². The fourth-order valence-electron chi connectivity index (χ4n) is 2.14. The Labute approximate surface area is 124 Å². The van der Waals surface area contributed by atoms with Crippen molar-refractivity contribution in [3.63, 3.8) is 0 Å². The maximum atomic E-state index is 11.6. The molecular weight excluding hydrogens is 248 g/mol. The lowest BCUT2D eigenvalue weighted by Gasteiger charge is -2.33. The Morgan fingerprint density at radius 3 is 2.15 bits per heavy atom. The van der Waals surface area contributed by atoms with E-state index in [0.717, 1.165) is 39.3 Å². The van der Waals surface area contributed by atoms with Crippen molar-refractivity contribution >= 4 is 5.78 Å². The van der Waals surface area contributed by atoms with Crippen LogP contribution in [0.4, 0.5) is 0 Å². The first-order chi connectivity index (χ1) is 9.28. The van der Waals surface area contributed by atoms with E-state index in [0.29, 0.717) is 12.2 Å². The highest BCUT2D eigenvalue weighted by molar-refractivity contribution is 5.80. The molecule has 3 nitrogen and oxygen atoms in total. The van der Waals surface area contributed by atoms with Crippen molar-refractivity contribution in [2.24, 2.45) is 11.3 Å². The summed E-state index contributed by atoms with van der Waals surface area (Å²) in [4.78, 5) is 16.4. The fraction of sp³-hybridized carbons (Fsp3) is 0.824. The van der Waals surface area contributed by atoms with Gasteiger partial charge in [0.05, 0.1) is 6.54 Å². The minimum absolute atomic E-state index is 0.0963. The monoisotopic (exact) mass is 278 g/mol. The van der Waals surface area contributed by atoms with Gasteiger partial charge >= 0.3 is 0 Å². The molecule has 114 valence electrons. The number of Topliss-reactive ketones (excluding diaryl/α,β-unsaturated/α-hetero) is 1. The van der Waals surface area contributed by atoms with Crippen LogP contribution in [0, 0.1) is 23.2 Å². The molecule has 0 atom stereocenters. The van der Waals surface area contributed by atoms with Crippen LogP contribution in [0.5, 0.6) is 0 Å². The zero-order valence-corrected chi connectivity index (χ0v) is 13.8. The van der Waals surface area contributed by atoms with Crippen molar-refractivity contribution in [1.29, 1.82) is 0 Å². The van der Waals surface area contributed by atoms with Crippen LogP contribution >= 0.6 is 0 Å². The Bertz CT molecular complexity index is 363. The van der Waals surface area contributed by atoms with Crippen LogP contribution in [-0.4, -0.2) is 54.9 Å². The van der Waals surface area contributed by atoms with Crippen molar-refractivity contribution < 1.29 is 4.79 Å². The zero-order chi connectivity index (χ0) is 15.2. The number of hydrogen-bond acceptors (Lipinski definition) is 3. The van der Waals surface area contributed by atoms with Gasteiger partial charge in [-0.1, -0.05) is 25.7 Å². The van der Waals surface area contributed by atoms with E-state index in [1.807, 2.05) is 13.8 Å². The van der Waals surface area contributed by atoms with Crippen LogP contribution in [0.1, 0.15) is 41.0 Å². The number of rotatable bonds is 5. The summed E-state index contributed by atoms with van der Waals surface area (Å²) in [7, 11) is 0. The number of nitrogens with zero attached hydrogens (tertiary/aromatic N) is 2. The molecule has 1 rings (SSSR count). The number of hydrogen-bond donors (Lipinski definition) is 0. The Kier molecular flexibility index (Phi) is 6.71. The van der Waals surface area contributed by atoms with Crippen LogP contribution in [0.25, 0.3) is 0 Å². The van der Waals surface area contributed by atoms with E-state index < -0.39 is 0 Å². The second-order valence-electron chi connectivity index (χ2n) is 7.04. The lowest BCUT2D eigenvalue weighted by Crippen LogP contribution is -2.46. The maximum Gasteiger partial charge on any atom is 0.136 e. The van der Waals surface area contributed by atoms with E-state index in [9.17, 15) is 4.79 Å². The molecule has 20 heavy (non-hydrogen) atoms. The van der Waals surface area contributed by atoms with Crippen LogP contribution in [0.15, 0.2) is 0 Å². The molecule has 1 heterocycles. The van der Waals surface area contributed by atoms with Gasteiger partial charge in [-0.05, 0) is 20.8 Å².